The molecular formula is C10H14FNO2. The summed E-state index contributed by atoms with van der Waals surface area (Å²) in [4.78, 5) is 0. The SMILES string of the molecule is CNCC(O)c1ccc(OC)c(F)c1. The van der Waals surface area contributed by atoms with Crippen LogP contribution in [0.1, 0.15) is 11.7 Å². The molecule has 0 aliphatic rings. The van der Waals surface area contributed by atoms with E-state index < -0.39 is 11.9 Å². The van der Waals surface area contributed by atoms with Gasteiger partial charge in [-0.2, -0.15) is 0 Å². The van der Waals surface area contributed by atoms with Crippen molar-refractivity contribution >= 4 is 0 Å². The Morgan fingerprint density at radius 2 is 2.29 bits per heavy atom. The number of nitrogens with one attached hydrogen (secondary N) is 1. The summed E-state index contributed by atoms with van der Waals surface area (Å²) in [5.41, 5.74) is 0.539. The molecule has 0 bridgehead atoms. The Kier molecular flexibility index (Phi) is 3.85. The van der Waals surface area contributed by atoms with Crippen LogP contribution >= 0.6 is 0 Å². The van der Waals surface area contributed by atoms with Gasteiger partial charge in [-0.1, -0.05) is 6.07 Å². The normalized spacial score (nSPS) is 12.6. The zero-order chi connectivity index (χ0) is 10.6. The van der Waals surface area contributed by atoms with Crippen molar-refractivity contribution in [3.8, 4) is 5.75 Å². The van der Waals surface area contributed by atoms with Crippen LogP contribution in [0.4, 0.5) is 4.39 Å². The summed E-state index contributed by atoms with van der Waals surface area (Å²) >= 11 is 0. The van der Waals surface area contributed by atoms with E-state index in [1.54, 1.807) is 13.1 Å². The summed E-state index contributed by atoms with van der Waals surface area (Å²) in [6.45, 7) is 0.395. The van der Waals surface area contributed by atoms with Crippen molar-refractivity contribution in [2.45, 2.75) is 6.10 Å². The molecule has 3 nitrogen and oxygen atoms in total. The van der Waals surface area contributed by atoms with Crippen LogP contribution in [0.15, 0.2) is 18.2 Å². The van der Waals surface area contributed by atoms with Gasteiger partial charge in [0, 0.05) is 6.54 Å². The third kappa shape index (κ3) is 2.43. The van der Waals surface area contributed by atoms with E-state index in [4.69, 9.17) is 4.74 Å². The van der Waals surface area contributed by atoms with Gasteiger partial charge in [0.15, 0.2) is 11.6 Å². The molecule has 0 radical (unpaired) electrons. The van der Waals surface area contributed by atoms with Crippen molar-refractivity contribution in [2.75, 3.05) is 20.7 Å². The first-order valence-electron chi connectivity index (χ1n) is 4.35. The van der Waals surface area contributed by atoms with Crippen molar-refractivity contribution < 1.29 is 14.2 Å². The summed E-state index contributed by atoms with van der Waals surface area (Å²) in [5.74, 6) is -0.273. The van der Waals surface area contributed by atoms with E-state index >= 15 is 0 Å². The molecule has 0 saturated carbocycles. The number of aliphatic hydroxyl groups excluding tert-OH is 1. The van der Waals surface area contributed by atoms with Gasteiger partial charge in [-0.3, -0.25) is 0 Å². The van der Waals surface area contributed by atoms with Crippen LogP contribution in [-0.2, 0) is 0 Å². The predicted octanol–water partition coefficient (Wildman–Crippen LogP) is 1.09. The lowest BCUT2D eigenvalue weighted by atomic mass is 10.1. The Hall–Kier alpha value is -1.13. The van der Waals surface area contributed by atoms with Crippen LogP contribution in [0.2, 0.25) is 0 Å². The summed E-state index contributed by atoms with van der Waals surface area (Å²) in [5, 5.41) is 12.3. The molecule has 1 unspecified atom stereocenters. The fourth-order valence-corrected chi connectivity index (χ4v) is 1.20. The van der Waals surface area contributed by atoms with Gasteiger partial charge in [0.1, 0.15) is 0 Å². The fraction of sp³-hybridized carbons (Fsp3) is 0.400. The first-order chi connectivity index (χ1) is 6.69. The van der Waals surface area contributed by atoms with E-state index in [0.29, 0.717) is 12.1 Å². The molecule has 78 valence electrons. The van der Waals surface area contributed by atoms with E-state index in [1.165, 1.54) is 19.2 Å². The molecule has 4 heteroatoms. The molecule has 0 heterocycles. The molecule has 1 atom stereocenters. The van der Waals surface area contributed by atoms with E-state index in [0.717, 1.165) is 0 Å². The van der Waals surface area contributed by atoms with E-state index in [-0.39, 0.29) is 5.75 Å². The number of rotatable bonds is 4. The monoisotopic (exact) mass is 199 g/mol. The number of ether oxygens (including phenoxy) is 1. The number of likely N-dealkylation sites (N-methyl/N-ethyl adjacent to an activating group) is 1. The first kappa shape index (κ1) is 10.9. The maximum absolute atomic E-state index is 13.2. The molecule has 1 aromatic carbocycles. The molecule has 0 aromatic heterocycles. The van der Waals surface area contributed by atoms with Crippen molar-refractivity contribution in [3.05, 3.63) is 29.6 Å². The summed E-state index contributed by atoms with van der Waals surface area (Å²) < 4.78 is 18.0. The smallest absolute Gasteiger partial charge is 0.165 e. The van der Waals surface area contributed by atoms with E-state index in [9.17, 15) is 9.50 Å². The highest BCUT2D eigenvalue weighted by molar-refractivity contribution is 5.30. The fourth-order valence-electron chi connectivity index (χ4n) is 1.20. The van der Waals surface area contributed by atoms with Crippen LogP contribution in [0.3, 0.4) is 0 Å². The lowest BCUT2D eigenvalue weighted by Gasteiger charge is -2.11. The summed E-state index contributed by atoms with van der Waals surface area (Å²) in [6.07, 6.45) is -0.694. The van der Waals surface area contributed by atoms with Crippen molar-refractivity contribution in [1.29, 1.82) is 0 Å². The van der Waals surface area contributed by atoms with Gasteiger partial charge in [0.2, 0.25) is 0 Å². The van der Waals surface area contributed by atoms with E-state index in [1.807, 2.05) is 0 Å². The summed E-state index contributed by atoms with van der Waals surface area (Å²) in [6, 6.07) is 4.42. The number of hydrogen-bond acceptors (Lipinski definition) is 3. The number of hydrogen-bond donors (Lipinski definition) is 2. The number of halogens is 1. The number of aliphatic hydroxyl groups is 1. The predicted molar refractivity (Wildman–Crippen MR) is 51.8 cm³/mol. The minimum absolute atomic E-state index is 0.186. The third-order valence-corrected chi connectivity index (χ3v) is 1.96. The molecule has 0 saturated heterocycles. The Labute approximate surface area is 82.5 Å². The Morgan fingerprint density at radius 3 is 2.79 bits per heavy atom. The van der Waals surface area contributed by atoms with Crippen LogP contribution in [0.25, 0.3) is 0 Å². The second-order valence-corrected chi connectivity index (χ2v) is 2.97. The molecule has 2 N–H and O–H groups in total. The molecule has 0 fully saturated rings. The Balaban J connectivity index is 2.85. The lowest BCUT2D eigenvalue weighted by molar-refractivity contribution is 0.177. The van der Waals surface area contributed by atoms with Crippen LogP contribution in [0.5, 0.6) is 5.75 Å². The molecule has 0 spiro atoms. The van der Waals surface area contributed by atoms with Crippen molar-refractivity contribution in [2.24, 2.45) is 0 Å². The first-order valence-corrected chi connectivity index (χ1v) is 4.35. The minimum atomic E-state index is -0.694. The Bertz CT molecular complexity index is 304. The number of methoxy groups -OCH3 is 1. The highest BCUT2D eigenvalue weighted by atomic mass is 19.1. The molecule has 0 aliphatic heterocycles. The molecule has 1 rings (SSSR count). The Morgan fingerprint density at radius 1 is 1.57 bits per heavy atom. The molecule has 1 aromatic rings. The molecule has 0 amide bonds. The average Bonchev–Trinajstić information content (AvgIpc) is 2.18. The standard InChI is InChI=1S/C10H14FNO2/c1-12-6-9(13)7-3-4-10(14-2)8(11)5-7/h3-5,9,12-13H,6H2,1-2H3. The van der Waals surface area contributed by atoms with Gasteiger partial charge in [-0.05, 0) is 24.7 Å². The quantitative estimate of drug-likeness (QED) is 0.762. The maximum Gasteiger partial charge on any atom is 0.165 e. The average molecular weight is 199 g/mol. The highest BCUT2D eigenvalue weighted by Crippen LogP contribution is 2.21. The highest BCUT2D eigenvalue weighted by Gasteiger charge is 2.09. The zero-order valence-electron chi connectivity index (χ0n) is 8.25. The minimum Gasteiger partial charge on any atom is -0.494 e. The van der Waals surface area contributed by atoms with Gasteiger partial charge in [0.25, 0.3) is 0 Å². The number of benzene rings is 1. The van der Waals surface area contributed by atoms with Gasteiger partial charge in [0.05, 0.1) is 13.2 Å². The second-order valence-electron chi connectivity index (χ2n) is 2.97. The zero-order valence-corrected chi connectivity index (χ0v) is 8.25. The maximum atomic E-state index is 13.2. The lowest BCUT2D eigenvalue weighted by Crippen LogP contribution is -2.16. The van der Waals surface area contributed by atoms with Gasteiger partial charge < -0.3 is 15.2 Å². The van der Waals surface area contributed by atoms with Crippen LogP contribution in [-0.4, -0.2) is 25.8 Å². The van der Waals surface area contributed by atoms with Gasteiger partial charge in [-0.15, -0.1) is 0 Å². The molecule has 0 aliphatic carbocycles. The van der Waals surface area contributed by atoms with Gasteiger partial charge >= 0.3 is 0 Å². The second kappa shape index (κ2) is 4.93. The largest absolute Gasteiger partial charge is 0.494 e. The van der Waals surface area contributed by atoms with Gasteiger partial charge in [-0.25, -0.2) is 4.39 Å². The summed E-state index contributed by atoms with van der Waals surface area (Å²) in [7, 11) is 3.13. The molecular weight excluding hydrogens is 185 g/mol. The van der Waals surface area contributed by atoms with E-state index in [2.05, 4.69) is 5.32 Å². The third-order valence-electron chi connectivity index (χ3n) is 1.96. The molecule has 14 heavy (non-hydrogen) atoms. The topological polar surface area (TPSA) is 41.5 Å². The van der Waals surface area contributed by atoms with Crippen LogP contribution in [0, 0.1) is 5.82 Å². The van der Waals surface area contributed by atoms with Crippen molar-refractivity contribution in [3.63, 3.8) is 0 Å². The van der Waals surface area contributed by atoms with Crippen LogP contribution < -0.4 is 10.1 Å². The van der Waals surface area contributed by atoms with Crippen molar-refractivity contribution in [1.82, 2.24) is 5.32 Å².